The number of likely N-dealkylation sites (tertiary alicyclic amines) is 1. The summed E-state index contributed by atoms with van der Waals surface area (Å²) in [5.41, 5.74) is 0. The molecule has 1 heterocycles. The molecule has 1 fully saturated rings. The average Bonchev–Trinajstić information content (AvgIpc) is 2.77. The van der Waals surface area contributed by atoms with E-state index in [9.17, 15) is 4.79 Å². The van der Waals surface area contributed by atoms with Gasteiger partial charge in [0, 0.05) is 26.7 Å². The first-order valence-electron chi connectivity index (χ1n) is 6.34. The predicted molar refractivity (Wildman–Crippen MR) is 66.5 cm³/mol. The van der Waals surface area contributed by atoms with Crippen LogP contribution in [-0.4, -0.2) is 55.6 Å². The van der Waals surface area contributed by atoms with Gasteiger partial charge in [0.1, 0.15) is 0 Å². The molecule has 0 saturated carbocycles. The van der Waals surface area contributed by atoms with E-state index < -0.39 is 0 Å². The van der Waals surface area contributed by atoms with Crippen molar-refractivity contribution < 1.29 is 4.79 Å². The van der Waals surface area contributed by atoms with Crippen molar-refractivity contribution in [1.82, 2.24) is 15.1 Å². The number of urea groups is 1. The van der Waals surface area contributed by atoms with Crippen molar-refractivity contribution in [2.24, 2.45) is 5.92 Å². The highest BCUT2D eigenvalue weighted by Gasteiger charge is 2.15. The zero-order chi connectivity index (χ0) is 12.0. The molecule has 0 aromatic carbocycles. The van der Waals surface area contributed by atoms with E-state index in [0.29, 0.717) is 5.92 Å². The van der Waals surface area contributed by atoms with Crippen LogP contribution in [0.3, 0.4) is 0 Å². The van der Waals surface area contributed by atoms with Gasteiger partial charge in [0.15, 0.2) is 0 Å². The van der Waals surface area contributed by atoms with E-state index in [-0.39, 0.29) is 6.03 Å². The number of hydrogen-bond acceptors (Lipinski definition) is 2. The van der Waals surface area contributed by atoms with Crippen molar-refractivity contribution in [2.75, 3.05) is 39.8 Å². The van der Waals surface area contributed by atoms with Gasteiger partial charge in [-0.05, 0) is 38.8 Å². The van der Waals surface area contributed by atoms with E-state index >= 15 is 0 Å². The third kappa shape index (κ3) is 4.39. The Kier molecular flexibility index (Phi) is 5.60. The minimum Gasteiger partial charge on any atom is -0.338 e. The number of rotatable bonds is 5. The maximum atomic E-state index is 11.5. The Hall–Kier alpha value is -0.770. The van der Waals surface area contributed by atoms with Gasteiger partial charge >= 0.3 is 6.03 Å². The quantitative estimate of drug-likeness (QED) is 0.770. The van der Waals surface area contributed by atoms with E-state index in [0.717, 1.165) is 19.6 Å². The highest BCUT2D eigenvalue weighted by molar-refractivity contribution is 5.73. The number of hydrogen-bond donors (Lipinski definition) is 1. The summed E-state index contributed by atoms with van der Waals surface area (Å²) in [7, 11) is 1.82. The van der Waals surface area contributed by atoms with E-state index in [2.05, 4.69) is 17.1 Å². The topological polar surface area (TPSA) is 35.6 Å². The van der Waals surface area contributed by atoms with Gasteiger partial charge in [-0.3, -0.25) is 0 Å². The number of nitrogens with zero attached hydrogens (tertiary/aromatic N) is 2. The van der Waals surface area contributed by atoms with E-state index in [4.69, 9.17) is 0 Å². The normalized spacial score (nSPS) is 18.4. The van der Waals surface area contributed by atoms with Crippen LogP contribution in [-0.2, 0) is 0 Å². The smallest absolute Gasteiger partial charge is 0.317 e. The number of carbonyl (C=O) groups excluding carboxylic acids is 1. The van der Waals surface area contributed by atoms with Crippen molar-refractivity contribution in [3.63, 3.8) is 0 Å². The molecule has 0 aromatic rings. The maximum Gasteiger partial charge on any atom is 0.317 e. The summed E-state index contributed by atoms with van der Waals surface area (Å²) in [5, 5.41) is 2.97. The molecule has 4 heteroatoms. The maximum absolute atomic E-state index is 11.5. The minimum absolute atomic E-state index is 0.0378. The highest BCUT2D eigenvalue weighted by atomic mass is 16.2. The Bertz CT molecular complexity index is 214. The van der Waals surface area contributed by atoms with Crippen molar-refractivity contribution in [3.8, 4) is 0 Å². The molecule has 1 rings (SSSR count). The lowest BCUT2D eigenvalue weighted by molar-refractivity contribution is 0.206. The molecular formula is C12H25N3O. The summed E-state index contributed by atoms with van der Waals surface area (Å²) >= 11 is 0. The fourth-order valence-corrected chi connectivity index (χ4v) is 2.01. The first-order chi connectivity index (χ1) is 7.63. The average molecular weight is 227 g/mol. The van der Waals surface area contributed by atoms with Gasteiger partial charge in [-0.1, -0.05) is 6.92 Å². The fourth-order valence-electron chi connectivity index (χ4n) is 2.01. The van der Waals surface area contributed by atoms with Crippen LogP contribution in [0.5, 0.6) is 0 Å². The summed E-state index contributed by atoms with van der Waals surface area (Å²) in [6.45, 7) is 9.28. The molecular weight excluding hydrogens is 202 g/mol. The van der Waals surface area contributed by atoms with Crippen LogP contribution in [0.4, 0.5) is 4.79 Å². The Morgan fingerprint density at radius 1 is 1.44 bits per heavy atom. The highest BCUT2D eigenvalue weighted by Crippen LogP contribution is 2.09. The van der Waals surface area contributed by atoms with Crippen LogP contribution < -0.4 is 5.32 Å². The van der Waals surface area contributed by atoms with Gasteiger partial charge in [0.25, 0.3) is 0 Å². The van der Waals surface area contributed by atoms with Gasteiger partial charge in [-0.25, -0.2) is 4.79 Å². The Balaban J connectivity index is 2.13. The molecule has 4 nitrogen and oxygen atoms in total. The molecule has 1 atom stereocenters. The van der Waals surface area contributed by atoms with Gasteiger partial charge in [-0.2, -0.15) is 0 Å². The van der Waals surface area contributed by atoms with Crippen LogP contribution in [0.2, 0.25) is 0 Å². The van der Waals surface area contributed by atoms with E-state index in [1.54, 1.807) is 4.90 Å². The standard InChI is InChI=1S/C12H25N3O/c1-4-14(3)12(16)13-9-11(2)10-15-7-5-6-8-15/h11H,4-10H2,1-3H3,(H,13,16). The summed E-state index contributed by atoms with van der Waals surface area (Å²) in [4.78, 5) is 15.7. The zero-order valence-electron chi connectivity index (χ0n) is 10.8. The molecule has 1 N–H and O–H groups in total. The number of amides is 2. The first kappa shape index (κ1) is 13.3. The second-order valence-corrected chi connectivity index (χ2v) is 4.81. The molecule has 1 saturated heterocycles. The second-order valence-electron chi connectivity index (χ2n) is 4.81. The molecule has 94 valence electrons. The molecule has 0 aromatic heterocycles. The van der Waals surface area contributed by atoms with Gasteiger partial charge in [-0.15, -0.1) is 0 Å². The zero-order valence-corrected chi connectivity index (χ0v) is 10.8. The van der Waals surface area contributed by atoms with Crippen molar-refractivity contribution in [3.05, 3.63) is 0 Å². The molecule has 2 amide bonds. The third-order valence-corrected chi connectivity index (χ3v) is 3.19. The van der Waals surface area contributed by atoms with E-state index in [1.807, 2.05) is 14.0 Å². The fraction of sp³-hybridized carbons (Fsp3) is 0.917. The molecule has 1 aliphatic rings. The molecule has 0 radical (unpaired) electrons. The van der Waals surface area contributed by atoms with Crippen LogP contribution in [0.25, 0.3) is 0 Å². The minimum atomic E-state index is 0.0378. The Morgan fingerprint density at radius 3 is 2.62 bits per heavy atom. The molecule has 0 bridgehead atoms. The van der Waals surface area contributed by atoms with Crippen molar-refractivity contribution >= 4 is 6.03 Å². The molecule has 1 aliphatic heterocycles. The van der Waals surface area contributed by atoms with Crippen LogP contribution in [0.15, 0.2) is 0 Å². The largest absolute Gasteiger partial charge is 0.338 e. The van der Waals surface area contributed by atoms with Crippen LogP contribution >= 0.6 is 0 Å². The summed E-state index contributed by atoms with van der Waals surface area (Å²) in [5.74, 6) is 0.535. The van der Waals surface area contributed by atoms with Crippen molar-refractivity contribution in [1.29, 1.82) is 0 Å². The number of carbonyl (C=O) groups is 1. The first-order valence-corrected chi connectivity index (χ1v) is 6.34. The summed E-state index contributed by atoms with van der Waals surface area (Å²) in [6.07, 6.45) is 2.66. The lowest BCUT2D eigenvalue weighted by Gasteiger charge is -2.22. The Labute approximate surface area is 99.0 Å². The van der Waals surface area contributed by atoms with Crippen LogP contribution in [0.1, 0.15) is 26.7 Å². The third-order valence-electron chi connectivity index (χ3n) is 3.19. The summed E-state index contributed by atoms with van der Waals surface area (Å²) in [6, 6.07) is 0.0378. The Morgan fingerprint density at radius 2 is 2.06 bits per heavy atom. The summed E-state index contributed by atoms with van der Waals surface area (Å²) < 4.78 is 0. The monoisotopic (exact) mass is 227 g/mol. The molecule has 1 unspecified atom stereocenters. The second kappa shape index (κ2) is 6.74. The molecule has 16 heavy (non-hydrogen) atoms. The molecule has 0 spiro atoms. The lowest BCUT2D eigenvalue weighted by Crippen LogP contribution is -2.41. The number of nitrogens with one attached hydrogen (secondary N) is 1. The SMILES string of the molecule is CCN(C)C(=O)NCC(C)CN1CCCC1. The molecule has 0 aliphatic carbocycles. The van der Waals surface area contributed by atoms with Crippen molar-refractivity contribution in [2.45, 2.75) is 26.7 Å². The van der Waals surface area contributed by atoms with Gasteiger partial charge < -0.3 is 15.1 Å². The predicted octanol–water partition coefficient (Wildman–Crippen LogP) is 1.38. The lowest BCUT2D eigenvalue weighted by atomic mass is 10.1. The van der Waals surface area contributed by atoms with Gasteiger partial charge in [0.2, 0.25) is 0 Å². The van der Waals surface area contributed by atoms with E-state index in [1.165, 1.54) is 25.9 Å². The van der Waals surface area contributed by atoms with Gasteiger partial charge in [0.05, 0.1) is 0 Å². The van der Waals surface area contributed by atoms with Crippen LogP contribution in [0, 0.1) is 5.92 Å².